The molecule has 0 aliphatic heterocycles. The molecule has 2 aromatic heterocycles. The Morgan fingerprint density at radius 2 is 2.00 bits per heavy atom. The van der Waals surface area contributed by atoms with Gasteiger partial charge < -0.3 is 4.57 Å². The van der Waals surface area contributed by atoms with E-state index in [0.29, 0.717) is 10.0 Å². The molecule has 0 aliphatic rings. The number of rotatable bonds is 3. The fourth-order valence-electron chi connectivity index (χ4n) is 2.53. The van der Waals surface area contributed by atoms with E-state index in [4.69, 9.17) is 23.2 Å². The van der Waals surface area contributed by atoms with Crippen molar-refractivity contribution < 1.29 is 0 Å². The lowest BCUT2D eigenvalue weighted by Crippen LogP contribution is -2.07. The van der Waals surface area contributed by atoms with Crippen LogP contribution in [0.2, 0.25) is 10.0 Å². The monoisotopic (exact) mass is 307 g/mol. The minimum atomic E-state index is 0.655. The van der Waals surface area contributed by atoms with Crippen molar-refractivity contribution in [2.45, 2.75) is 26.9 Å². The predicted molar refractivity (Wildman–Crippen MR) is 83.7 cm³/mol. The van der Waals surface area contributed by atoms with Gasteiger partial charge in [-0.1, -0.05) is 23.2 Å². The average Bonchev–Trinajstić information content (AvgIpc) is 2.94. The van der Waals surface area contributed by atoms with Crippen LogP contribution in [-0.4, -0.2) is 14.3 Å². The highest BCUT2D eigenvalue weighted by Gasteiger charge is 2.09. The van der Waals surface area contributed by atoms with Gasteiger partial charge in [-0.3, -0.25) is 4.68 Å². The van der Waals surface area contributed by atoms with Crippen molar-refractivity contribution in [3.63, 3.8) is 0 Å². The van der Waals surface area contributed by atoms with Crippen LogP contribution in [0, 0.1) is 6.92 Å². The smallest absolute Gasteiger partial charge is 0.0645 e. The number of hydrogen-bond acceptors (Lipinski definition) is 1. The van der Waals surface area contributed by atoms with Gasteiger partial charge in [-0.05, 0) is 38.1 Å². The molecule has 0 atom stereocenters. The SMILES string of the molecule is CCn1nc(C)cc1Cn1ccc2c(Cl)cc(Cl)cc21. The number of aromatic nitrogens is 3. The van der Waals surface area contributed by atoms with Gasteiger partial charge in [0.1, 0.15) is 0 Å². The fourth-order valence-corrected chi connectivity index (χ4v) is 3.08. The van der Waals surface area contributed by atoms with Gasteiger partial charge in [-0.15, -0.1) is 0 Å². The highest BCUT2D eigenvalue weighted by molar-refractivity contribution is 6.38. The summed E-state index contributed by atoms with van der Waals surface area (Å²) in [6, 6.07) is 7.85. The van der Waals surface area contributed by atoms with Crippen molar-refractivity contribution in [1.82, 2.24) is 14.3 Å². The average molecular weight is 308 g/mol. The molecule has 20 heavy (non-hydrogen) atoms. The van der Waals surface area contributed by atoms with Gasteiger partial charge in [0, 0.05) is 23.2 Å². The summed E-state index contributed by atoms with van der Waals surface area (Å²) in [5.74, 6) is 0. The molecule has 0 spiro atoms. The number of aryl methyl sites for hydroxylation is 2. The van der Waals surface area contributed by atoms with Crippen molar-refractivity contribution in [3.05, 3.63) is 51.9 Å². The summed E-state index contributed by atoms with van der Waals surface area (Å²) in [7, 11) is 0. The van der Waals surface area contributed by atoms with Gasteiger partial charge >= 0.3 is 0 Å². The zero-order chi connectivity index (χ0) is 14.3. The number of fused-ring (bicyclic) bond motifs is 1. The molecule has 0 saturated carbocycles. The molecule has 0 N–H and O–H groups in total. The summed E-state index contributed by atoms with van der Waals surface area (Å²) < 4.78 is 4.17. The molecule has 3 rings (SSSR count). The standard InChI is InChI=1S/C15H15Cl2N3/c1-3-20-12(6-10(2)18-20)9-19-5-4-13-14(17)7-11(16)8-15(13)19/h4-8H,3,9H2,1-2H3. The Balaban J connectivity index is 2.07. The van der Waals surface area contributed by atoms with Crippen molar-refractivity contribution in [2.24, 2.45) is 0 Å². The zero-order valence-electron chi connectivity index (χ0n) is 11.4. The second kappa shape index (κ2) is 5.15. The third kappa shape index (κ3) is 2.32. The molecule has 2 heterocycles. The van der Waals surface area contributed by atoms with E-state index in [0.717, 1.165) is 29.7 Å². The van der Waals surface area contributed by atoms with E-state index < -0.39 is 0 Å². The van der Waals surface area contributed by atoms with Crippen LogP contribution in [0.15, 0.2) is 30.5 Å². The van der Waals surface area contributed by atoms with Crippen molar-refractivity contribution in [1.29, 1.82) is 0 Å². The Labute approximate surface area is 127 Å². The third-order valence-electron chi connectivity index (χ3n) is 3.42. The first-order valence-corrected chi connectivity index (χ1v) is 7.31. The van der Waals surface area contributed by atoms with Crippen LogP contribution in [0.4, 0.5) is 0 Å². The predicted octanol–water partition coefficient (Wildman–Crippen LogP) is 4.52. The van der Waals surface area contributed by atoms with E-state index in [1.54, 1.807) is 6.07 Å². The van der Waals surface area contributed by atoms with E-state index in [-0.39, 0.29) is 0 Å². The van der Waals surface area contributed by atoms with Crippen molar-refractivity contribution in [2.75, 3.05) is 0 Å². The first kappa shape index (κ1) is 13.5. The molecule has 5 heteroatoms. The summed E-state index contributed by atoms with van der Waals surface area (Å²) >= 11 is 12.3. The number of nitrogens with zero attached hydrogens (tertiary/aromatic N) is 3. The van der Waals surface area contributed by atoms with E-state index in [1.165, 1.54) is 5.69 Å². The summed E-state index contributed by atoms with van der Waals surface area (Å²) in [6.07, 6.45) is 2.04. The Kier molecular flexibility index (Phi) is 3.48. The number of halogens is 2. The quantitative estimate of drug-likeness (QED) is 0.697. The Bertz CT molecular complexity index is 771. The molecule has 0 bridgehead atoms. The molecule has 3 nitrogen and oxygen atoms in total. The topological polar surface area (TPSA) is 22.8 Å². The normalized spacial score (nSPS) is 11.4. The molecule has 0 unspecified atom stereocenters. The second-order valence-corrected chi connectivity index (χ2v) is 5.70. The molecule has 1 aromatic carbocycles. The number of hydrogen-bond donors (Lipinski definition) is 0. The molecule has 0 saturated heterocycles. The van der Waals surface area contributed by atoms with Gasteiger partial charge in [0.15, 0.2) is 0 Å². The van der Waals surface area contributed by atoms with Crippen LogP contribution in [-0.2, 0) is 13.1 Å². The van der Waals surface area contributed by atoms with Crippen LogP contribution in [0.1, 0.15) is 18.3 Å². The Morgan fingerprint density at radius 3 is 2.75 bits per heavy atom. The largest absolute Gasteiger partial charge is 0.341 e. The highest BCUT2D eigenvalue weighted by Crippen LogP contribution is 2.29. The van der Waals surface area contributed by atoms with Gasteiger partial charge in [0.05, 0.1) is 28.5 Å². The first-order chi connectivity index (χ1) is 9.58. The van der Waals surface area contributed by atoms with Crippen LogP contribution in [0.25, 0.3) is 10.9 Å². The van der Waals surface area contributed by atoms with Crippen LogP contribution in [0.5, 0.6) is 0 Å². The molecule has 0 amide bonds. The molecular weight excluding hydrogens is 293 g/mol. The maximum absolute atomic E-state index is 6.23. The molecule has 3 aromatic rings. The fraction of sp³-hybridized carbons (Fsp3) is 0.267. The van der Waals surface area contributed by atoms with E-state index in [1.807, 2.05) is 29.9 Å². The Morgan fingerprint density at radius 1 is 1.20 bits per heavy atom. The third-order valence-corrected chi connectivity index (χ3v) is 3.95. The summed E-state index contributed by atoms with van der Waals surface area (Å²) in [5.41, 5.74) is 3.26. The highest BCUT2D eigenvalue weighted by atomic mass is 35.5. The minimum Gasteiger partial charge on any atom is -0.341 e. The molecule has 0 fully saturated rings. The molecule has 104 valence electrons. The van der Waals surface area contributed by atoms with Crippen LogP contribution < -0.4 is 0 Å². The zero-order valence-corrected chi connectivity index (χ0v) is 12.9. The lowest BCUT2D eigenvalue weighted by molar-refractivity contribution is 0.602. The summed E-state index contributed by atoms with van der Waals surface area (Å²) in [6.45, 7) is 5.73. The molecular formula is C15H15Cl2N3. The summed E-state index contributed by atoms with van der Waals surface area (Å²) in [5, 5.41) is 6.84. The van der Waals surface area contributed by atoms with Crippen LogP contribution in [0.3, 0.4) is 0 Å². The first-order valence-electron chi connectivity index (χ1n) is 6.55. The Hall–Kier alpha value is -1.45. The van der Waals surface area contributed by atoms with E-state index >= 15 is 0 Å². The van der Waals surface area contributed by atoms with Crippen molar-refractivity contribution >= 4 is 34.1 Å². The lowest BCUT2D eigenvalue weighted by Gasteiger charge is -2.08. The maximum Gasteiger partial charge on any atom is 0.0645 e. The minimum absolute atomic E-state index is 0.655. The van der Waals surface area contributed by atoms with Crippen molar-refractivity contribution in [3.8, 4) is 0 Å². The number of benzene rings is 1. The summed E-state index contributed by atoms with van der Waals surface area (Å²) in [4.78, 5) is 0. The van der Waals surface area contributed by atoms with Gasteiger partial charge in [0.25, 0.3) is 0 Å². The second-order valence-electron chi connectivity index (χ2n) is 4.86. The maximum atomic E-state index is 6.23. The van der Waals surface area contributed by atoms with E-state index in [2.05, 4.69) is 22.7 Å². The molecule has 0 aliphatic carbocycles. The van der Waals surface area contributed by atoms with Crippen LogP contribution >= 0.6 is 23.2 Å². The molecule has 0 radical (unpaired) electrons. The van der Waals surface area contributed by atoms with Gasteiger partial charge in [-0.25, -0.2) is 0 Å². The lowest BCUT2D eigenvalue weighted by atomic mass is 10.2. The van der Waals surface area contributed by atoms with E-state index in [9.17, 15) is 0 Å². The van der Waals surface area contributed by atoms with Gasteiger partial charge in [-0.2, -0.15) is 5.10 Å². The van der Waals surface area contributed by atoms with Gasteiger partial charge in [0.2, 0.25) is 0 Å².